The number of Topliss-reactive ketones (excluding diaryl/α,β-unsaturated/α-hetero) is 1. The van der Waals surface area contributed by atoms with E-state index in [9.17, 15) is 4.79 Å². The summed E-state index contributed by atoms with van der Waals surface area (Å²) in [6, 6.07) is 0. The monoisotopic (exact) mass is 195 g/mol. The average Bonchev–Trinajstić information content (AvgIpc) is 2.50. The molecule has 1 fully saturated rings. The van der Waals surface area contributed by atoms with Crippen molar-refractivity contribution in [2.45, 2.75) is 24.9 Å². The van der Waals surface area contributed by atoms with Crippen molar-refractivity contribution in [3.05, 3.63) is 11.9 Å². The quantitative estimate of drug-likeness (QED) is 0.661. The summed E-state index contributed by atoms with van der Waals surface area (Å²) in [4.78, 5) is 12.0. The third kappa shape index (κ3) is 1.24. The second-order valence-corrected chi connectivity index (χ2v) is 3.66. The molecule has 0 radical (unpaired) electrons. The lowest BCUT2D eigenvalue weighted by Crippen LogP contribution is -2.47. The molecule has 1 aliphatic rings. The molecule has 76 valence electrons. The number of rotatable bonds is 3. The number of aromatic nitrogens is 3. The topological polar surface area (TPSA) is 57.0 Å². The second kappa shape index (κ2) is 3.16. The largest absolute Gasteiger partial charge is 0.370 e. The molecular weight excluding hydrogens is 182 g/mol. The first-order valence-electron chi connectivity index (χ1n) is 4.64. The van der Waals surface area contributed by atoms with Crippen LogP contribution in [0.4, 0.5) is 0 Å². The number of ketones is 1. The van der Waals surface area contributed by atoms with Crippen molar-refractivity contribution in [1.82, 2.24) is 15.0 Å². The summed E-state index contributed by atoms with van der Waals surface area (Å²) in [5.41, 5.74) is -0.218. The van der Waals surface area contributed by atoms with Crippen molar-refractivity contribution < 1.29 is 9.53 Å². The minimum absolute atomic E-state index is 0.0423. The number of methoxy groups -OCH3 is 1. The highest BCUT2D eigenvalue weighted by atomic mass is 16.5. The molecule has 5 nitrogen and oxygen atoms in total. The number of hydrogen-bond acceptors (Lipinski definition) is 4. The Balaban J connectivity index is 2.23. The predicted molar refractivity (Wildman–Crippen MR) is 48.9 cm³/mol. The lowest BCUT2D eigenvalue weighted by Gasteiger charge is -2.37. The zero-order chi connectivity index (χ0) is 10.2. The zero-order valence-corrected chi connectivity index (χ0v) is 8.36. The fourth-order valence-corrected chi connectivity index (χ4v) is 1.71. The van der Waals surface area contributed by atoms with E-state index in [0.717, 1.165) is 19.3 Å². The molecular formula is C9H13N3O2. The Labute approximate surface area is 82.1 Å². The van der Waals surface area contributed by atoms with Crippen LogP contribution in [0.2, 0.25) is 0 Å². The zero-order valence-electron chi connectivity index (χ0n) is 8.36. The van der Waals surface area contributed by atoms with Crippen LogP contribution in [0.5, 0.6) is 0 Å². The van der Waals surface area contributed by atoms with E-state index in [1.807, 2.05) is 0 Å². The standard InChI is InChI=1S/C9H13N3O2/c1-12-6-7(10-11-12)8(13)9(14-2)4-3-5-9/h6H,3-5H2,1-2H3. The van der Waals surface area contributed by atoms with Gasteiger partial charge in [0.15, 0.2) is 5.69 Å². The molecule has 0 spiro atoms. The fraction of sp³-hybridized carbons (Fsp3) is 0.667. The number of hydrogen-bond donors (Lipinski definition) is 0. The summed E-state index contributed by atoms with van der Waals surface area (Å²) >= 11 is 0. The van der Waals surface area contributed by atoms with Crippen molar-refractivity contribution >= 4 is 5.78 Å². The molecule has 14 heavy (non-hydrogen) atoms. The van der Waals surface area contributed by atoms with E-state index in [4.69, 9.17) is 4.74 Å². The van der Waals surface area contributed by atoms with Crippen molar-refractivity contribution in [3.63, 3.8) is 0 Å². The van der Waals surface area contributed by atoms with Crippen LogP contribution in [-0.2, 0) is 11.8 Å². The first-order chi connectivity index (χ1) is 6.68. The van der Waals surface area contributed by atoms with E-state index in [2.05, 4.69) is 10.3 Å². The molecule has 5 heteroatoms. The lowest BCUT2D eigenvalue weighted by molar-refractivity contribution is -0.0451. The highest BCUT2D eigenvalue weighted by Gasteiger charge is 2.45. The van der Waals surface area contributed by atoms with Crippen LogP contribution in [0, 0.1) is 0 Å². The van der Waals surface area contributed by atoms with Gasteiger partial charge in [-0.3, -0.25) is 9.48 Å². The molecule has 0 unspecified atom stereocenters. The van der Waals surface area contributed by atoms with Crippen LogP contribution in [-0.4, -0.2) is 33.5 Å². The van der Waals surface area contributed by atoms with Crippen LogP contribution in [0.1, 0.15) is 29.8 Å². The van der Waals surface area contributed by atoms with E-state index in [1.165, 1.54) is 4.68 Å². The van der Waals surface area contributed by atoms with Gasteiger partial charge in [-0.25, -0.2) is 0 Å². The lowest BCUT2D eigenvalue weighted by atomic mass is 9.76. The minimum atomic E-state index is -0.615. The Hall–Kier alpha value is -1.23. The first-order valence-corrected chi connectivity index (χ1v) is 4.64. The van der Waals surface area contributed by atoms with Gasteiger partial charge in [-0.1, -0.05) is 5.21 Å². The second-order valence-electron chi connectivity index (χ2n) is 3.66. The van der Waals surface area contributed by atoms with E-state index in [-0.39, 0.29) is 5.78 Å². The Bertz CT molecular complexity index is 349. The number of carbonyl (C=O) groups is 1. The van der Waals surface area contributed by atoms with E-state index in [0.29, 0.717) is 5.69 Å². The predicted octanol–water partition coefficient (Wildman–Crippen LogP) is 0.567. The van der Waals surface area contributed by atoms with Crippen molar-refractivity contribution in [2.75, 3.05) is 7.11 Å². The molecule has 1 heterocycles. The molecule has 0 bridgehead atoms. The van der Waals surface area contributed by atoms with E-state index < -0.39 is 5.60 Å². The van der Waals surface area contributed by atoms with Gasteiger partial charge in [0.2, 0.25) is 5.78 Å². The van der Waals surface area contributed by atoms with Gasteiger partial charge in [-0.05, 0) is 19.3 Å². The third-order valence-electron chi connectivity index (χ3n) is 2.80. The maximum atomic E-state index is 12.0. The smallest absolute Gasteiger partial charge is 0.216 e. The van der Waals surface area contributed by atoms with E-state index in [1.54, 1.807) is 20.4 Å². The van der Waals surface area contributed by atoms with Gasteiger partial charge in [0, 0.05) is 14.2 Å². The van der Waals surface area contributed by atoms with Crippen LogP contribution in [0.15, 0.2) is 6.20 Å². The summed E-state index contributed by atoms with van der Waals surface area (Å²) < 4.78 is 6.80. The molecule has 0 aliphatic heterocycles. The maximum absolute atomic E-state index is 12.0. The molecule has 0 atom stereocenters. The van der Waals surface area contributed by atoms with E-state index >= 15 is 0 Å². The van der Waals surface area contributed by atoms with Crippen molar-refractivity contribution in [2.24, 2.45) is 7.05 Å². The minimum Gasteiger partial charge on any atom is -0.370 e. The Morgan fingerprint density at radius 2 is 2.36 bits per heavy atom. The molecule has 0 aromatic carbocycles. The normalized spacial score (nSPS) is 19.0. The average molecular weight is 195 g/mol. The van der Waals surface area contributed by atoms with Gasteiger partial charge in [0.05, 0.1) is 6.20 Å². The Morgan fingerprint density at radius 3 is 2.71 bits per heavy atom. The maximum Gasteiger partial charge on any atom is 0.216 e. The van der Waals surface area contributed by atoms with Crippen molar-refractivity contribution in [1.29, 1.82) is 0 Å². The summed E-state index contributed by atoms with van der Waals surface area (Å²) in [6.45, 7) is 0. The van der Waals surface area contributed by atoms with Gasteiger partial charge >= 0.3 is 0 Å². The van der Waals surface area contributed by atoms with Gasteiger partial charge < -0.3 is 4.74 Å². The summed E-state index contributed by atoms with van der Waals surface area (Å²) in [6.07, 6.45) is 4.25. The molecule has 2 rings (SSSR count). The summed E-state index contributed by atoms with van der Waals surface area (Å²) in [5.74, 6) is -0.0423. The van der Waals surface area contributed by atoms with Gasteiger partial charge in [0.25, 0.3) is 0 Å². The SMILES string of the molecule is COC1(C(=O)c2cn(C)nn2)CCC1. The molecule has 0 saturated heterocycles. The summed E-state index contributed by atoms with van der Waals surface area (Å²) in [5, 5.41) is 7.53. The van der Waals surface area contributed by atoms with Gasteiger partial charge in [-0.15, -0.1) is 5.10 Å². The molecule has 1 aromatic rings. The Morgan fingerprint density at radius 1 is 1.64 bits per heavy atom. The molecule has 1 aromatic heterocycles. The first kappa shape index (κ1) is 9.33. The van der Waals surface area contributed by atoms with Crippen molar-refractivity contribution in [3.8, 4) is 0 Å². The summed E-state index contributed by atoms with van der Waals surface area (Å²) in [7, 11) is 3.32. The van der Waals surface area contributed by atoms with Gasteiger partial charge in [-0.2, -0.15) is 0 Å². The highest BCUT2D eigenvalue weighted by molar-refractivity contribution is 6.01. The highest BCUT2D eigenvalue weighted by Crippen LogP contribution is 2.37. The number of ether oxygens (including phenoxy) is 1. The molecule has 1 aliphatic carbocycles. The van der Waals surface area contributed by atoms with Gasteiger partial charge in [0.1, 0.15) is 5.60 Å². The Kier molecular flexibility index (Phi) is 2.11. The molecule has 0 N–H and O–H groups in total. The molecule has 1 saturated carbocycles. The number of carbonyl (C=O) groups excluding carboxylic acids is 1. The van der Waals surface area contributed by atoms with Crippen LogP contribution in [0.3, 0.4) is 0 Å². The number of nitrogens with zero attached hydrogens (tertiary/aromatic N) is 3. The van der Waals surface area contributed by atoms with Crippen LogP contribution < -0.4 is 0 Å². The van der Waals surface area contributed by atoms with Crippen LogP contribution >= 0.6 is 0 Å². The fourth-order valence-electron chi connectivity index (χ4n) is 1.71. The van der Waals surface area contributed by atoms with Crippen LogP contribution in [0.25, 0.3) is 0 Å². The molecule has 0 amide bonds. The third-order valence-corrected chi connectivity index (χ3v) is 2.80. The number of aryl methyl sites for hydroxylation is 1.